The second-order valence-electron chi connectivity index (χ2n) is 8.87. The summed E-state index contributed by atoms with van der Waals surface area (Å²) >= 11 is 0. The van der Waals surface area contributed by atoms with Gasteiger partial charge in [-0.3, -0.25) is 10.1 Å². The maximum Gasteiger partial charge on any atom is 0.248 e. The van der Waals surface area contributed by atoms with E-state index >= 15 is 0 Å². The first-order valence-corrected chi connectivity index (χ1v) is 10.6. The van der Waals surface area contributed by atoms with Gasteiger partial charge in [0.2, 0.25) is 5.91 Å². The second-order valence-corrected chi connectivity index (χ2v) is 8.87. The van der Waals surface area contributed by atoms with Crippen LogP contribution in [0.5, 0.6) is 11.5 Å². The molecule has 0 saturated heterocycles. The smallest absolute Gasteiger partial charge is 0.248 e. The van der Waals surface area contributed by atoms with Crippen molar-refractivity contribution < 1.29 is 9.53 Å². The first kappa shape index (κ1) is 28.0. The molecule has 3 rings (SSSR count). The van der Waals surface area contributed by atoms with Gasteiger partial charge in [-0.15, -0.1) is 24.8 Å². The minimum absolute atomic E-state index is 0. The second kappa shape index (κ2) is 12.3. The van der Waals surface area contributed by atoms with E-state index in [1.807, 2.05) is 62.4 Å². The standard InChI is InChI=1S/C25H33N3O2.2ClH/c1-24(2)17-22(25(3,4)28-24)23(29)27-16-8-15-26-18-19-11-13-21(14-12-19)30-20-9-6-5-7-10-20;;/h5-7,9-14,17,26,28H,8,15-16,18H2,1-4H3,(H,27,29);2*1H. The summed E-state index contributed by atoms with van der Waals surface area (Å²) in [4.78, 5) is 12.5. The van der Waals surface area contributed by atoms with Crippen LogP contribution in [0.1, 0.15) is 39.7 Å². The molecule has 176 valence electrons. The van der Waals surface area contributed by atoms with Crippen molar-refractivity contribution in [1.29, 1.82) is 0 Å². The Morgan fingerprint density at radius 1 is 0.906 bits per heavy atom. The molecule has 5 nitrogen and oxygen atoms in total. The van der Waals surface area contributed by atoms with Crippen LogP contribution in [0.4, 0.5) is 0 Å². The van der Waals surface area contributed by atoms with Crippen LogP contribution in [0.2, 0.25) is 0 Å². The highest BCUT2D eigenvalue weighted by Crippen LogP contribution is 2.29. The van der Waals surface area contributed by atoms with Crippen LogP contribution in [0.3, 0.4) is 0 Å². The van der Waals surface area contributed by atoms with E-state index in [0.29, 0.717) is 6.54 Å². The molecule has 2 aromatic carbocycles. The van der Waals surface area contributed by atoms with Crippen molar-refractivity contribution in [2.45, 2.75) is 51.7 Å². The molecule has 7 heteroatoms. The van der Waals surface area contributed by atoms with Crippen molar-refractivity contribution in [3.05, 3.63) is 71.8 Å². The van der Waals surface area contributed by atoms with E-state index in [-0.39, 0.29) is 41.8 Å². The molecule has 0 radical (unpaired) electrons. The third-order valence-corrected chi connectivity index (χ3v) is 5.11. The van der Waals surface area contributed by atoms with Gasteiger partial charge >= 0.3 is 0 Å². The van der Waals surface area contributed by atoms with Crippen molar-refractivity contribution in [1.82, 2.24) is 16.0 Å². The van der Waals surface area contributed by atoms with E-state index in [9.17, 15) is 4.79 Å². The number of para-hydroxylation sites is 1. The van der Waals surface area contributed by atoms with Crippen LogP contribution in [0.15, 0.2) is 66.2 Å². The Hall–Kier alpha value is -2.05. The van der Waals surface area contributed by atoms with Gasteiger partial charge in [0.1, 0.15) is 11.5 Å². The van der Waals surface area contributed by atoms with Gasteiger partial charge < -0.3 is 15.4 Å². The Morgan fingerprint density at radius 2 is 1.53 bits per heavy atom. The van der Waals surface area contributed by atoms with Crippen LogP contribution < -0.4 is 20.7 Å². The van der Waals surface area contributed by atoms with Crippen LogP contribution in [0, 0.1) is 0 Å². The molecule has 0 spiro atoms. The summed E-state index contributed by atoms with van der Waals surface area (Å²) in [5.74, 6) is 1.68. The molecule has 32 heavy (non-hydrogen) atoms. The number of nitrogens with one attached hydrogen (secondary N) is 3. The Bertz CT molecular complexity index is 882. The summed E-state index contributed by atoms with van der Waals surface area (Å²) in [6.07, 6.45) is 2.91. The normalized spacial score (nSPS) is 15.7. The molecule has 1 amide bonds. The molecular weight excluding hydrogens is 445 g/mol. The van der Waals surface area contributed by atoms with Crippen LogP contribution in [0.25, 0.3) is 0 Å². The lowest BCUT2D eigenvalue weighted by atomic mass is 9.96. The fourth-order valence-corrected chi connectivity index (χ4v) is 3.84. The van der Waals surface area contributed by atoms with Crippen molar-refractivity contribution in [2.75, 3.05) is 13.1 Å². The van der Waals surface area contributed by atoms with E-state index in [1.165, 1.54) is 5.56 Å². The van der Waals surface area contributed by atoms with Crippen LogP contribution in [-0.4, -0.2) is 30.1 Å². The minimum Gasteiger partial charge on any atom is -0.457 e. The SMILES string of the molecule is CC1(C)C=C(C(=O)NCCCNCc2ccc(Oc3ccccc3)cc2)C(C)(C)N1.Cl.Cl. The number of hydrogen-bond donors (Lipinski definition) is 3. The van der Waals surface area contributed by atoms with Gasteiger partial charge in [-0.2, -0.15) is 0 Å². The summed E-state index contributed by atoms with van der Waals surface area (Å²) < 4.78 is 5.81. The van der Waals surface area contributed by atoms with Crippen LogP contribution in [-0.2, 0) is 11.3 Å². The number of carbonyl (C=O) groups excluding carboxylic acids is 1. The molecule has 1 heterocycles. The lowest BCUT2D eigenvalue weighted by molar-refractivity contribution is -0.118. The van der Waals surface area contributed by atoms with Gasteiger partial charge in [0.15, 0.2) is 0 Å². The van der Waals surface area contributed by atoms with Gasteiger partial charge in [-0.1, -0.05) is 36.4 Å². The predicted octanol–water partition coefficient (Wildman–Crippen LogP) is 5.01. The van der Waals surface area contributed by atoms with Crippen molar-refractivity contribution in [3.8, 4) is 11.5 Å². The van der Waals surface area contributed by atoms with Crippen LogP contribution >= 0.6 is 24.8 Å². The highest BCUT2D eigenvalue weighted by atomic mass is 35.5. The van der Waals surface area contributed by atoms with Gasteiger partial charge in [0.25, 0.3) is 0 Å². The minimum atomic E-state index is -0.303. The molecule has 1 aliphatic heterocycles. The zero-order valence-corrected chi connectivity index (χ0v) is 20.9. The first-order valence-electron chi connectivity index (χ1n) is 10.6. The molecule has 1 aliphatic rings. The Balaban J connectivity index is 0.00000256. The third kappa shape index (κ3) is 8.14. The molecule has 0 aliphatic carbocycles. The van der Waals surface area contributed by atoms with E-state index in [2.05, 4.69) is 41.9 Å². The number of halogens is 2. The summed E-state index contributed by atoms with van der Waals surface area (Å²) in [6, 6.07) is 17.9. The van der Waals surface area contributed by atoms with E-state index in [0.717, 1.165) is 36.6 Å². The van der Waals surface area contributed by atoms with Crippen molar-refractivity contribution >= 4 is 30.7 Å². The van der Waals surface area contributed by atoms with E-state index in [4.69, 9.17) is 4.74 Å². The Labute approximate surface area is 204 Å². The lowest BCUT2D eigenvalue weighted by Crippen LogP contribution is -2.47. The van der Waals surface area contributed by atoms with Crippen molar-refractivity contribution in [2.24, 2.45) is 0 Å². The number of amides is 1. The Morgan fingerprint density at radius 3 is 2.12 bits per heavy atom. The average Bonchev–Trinajstić information content (AvgIpc) is 2.93. The topological polar surface area (TPSA) is 62.4 Å². The molecule has 0 atom stereocenters. The highest BCUT2D eigenvalue weighted by Gasteiger charge is 2.39. The number of benzene rings is 2. The number of hydrogen-bond acceptors (Lipinski definition) is 4. The molecule has 0 unspecified atom stereocenters. The van der Waals surface area contributed by atoms with Gasteiger partial charge in [0, 0.05) is 29.7 Å². The fraction of sp³-hybridized carbons (Fsp3) is 0.400. The number of ether oxygens (including phenoxy) is 1. The zero-order valence-electron chi connectivity index (χ0n) is 19.2. The lowest BCUT2D eigenvalue weighted by Gasteiger charge is -2.27. The van der Waals surface area contributed by atoms with Gasteiger partial charge in [-0.25, -0.2) is 0 Å². The van der Waals surface area contributed by atoms with E-state index < -0.39 is 0 Å². The molecule has 0 saturated carbocycles. The molecule has 0 bridgehead atoms. The number of rotatable bonds is 9. The first-order chi connectivity index (χ1) is 14.3. The monoisotopic (exact) mass is 479 g/mol. The Kier molecular flexibility index (Phi) is 10.7. The van der Waals surface area contributed by atoms with Gasteiger partial charge in [-0.05, 0) is 70.5 Å². The van der Waals surface area contributed by atoms with Gasteiger partial charge in [0.05, 0.1) is 0 Å². The summed E-state index contributed by atoms with van der Waals surface area (Å²) in [5.41, 5.74) is 1.56. The van der Waals surface area contributed by atoms with E-state index in [1.54, 1.807) is 0 Å². The maximum absolute atomic E-state index is 12.5. The largest absolute Gasteiger partial charge is 0.457 e. The molecule has 0 fully saturated rings. The predicted molar refractivity (Wildman–Crippen MR) is 136 cm³/mol. The highest BCUT2D eigenvalue weighted by molar-refractivity contribution is 5.96. The molecular formula is C25H35Cl2N3O2. The summed E-state index contributed by atoms with van der Waals surface area (Å²) in [5, 5.41) is 9.94. The fourth-order valence-electron chi connectivity index (χ4n) is 3.84. The zero-order chi connectivity index (χ0) is 21.6. The molecule has 0 aromatic heterocycles. The number of carbonyl (C=O) groups is 1. The molecule has 2 aromatic rings. The average molecular weight is 480 g/mol. The molecule has 3 N–H and O–H groups in total. The summed E-state index contributed by atoms with van der Waals surface area (Å²) in [6.45, 7) is 10.5. The third-order valence-electron chi connectivity index (χ3n) is 5.11. The van der Waals surface area contributed by atoms with Crippen molar-refractivity contribution in [3.63, 3.8) is 0 Å². The maximum atomic E-state index is 12.5. The quantitative estimate of drug-likeness (QED) is 0.442. The summed E-state index contributed by atoms with van der Waals surface area (Å²) in [7, 11) is 0.